The summed E-state index contributed by atoms with van der Waals surface area (Å²) in [6.45, 7) is 4.54. The number of hydrogen-bond donors (Lipinski definition) is 2. The molecule has 0 fully saturated rings. The molecule has 2 rings (SSSR count). The van der Waals surface area contributed by atoms with E-state index in [1.807, 2.05) is 37.4 Å². The average Bonchev–Trinajstić information content (AvgIpc) is 2.93. The van der Waals surface area contributed by atoms with E-state index in [2.05, 4.69) is 16.7 Å². The normalized spacial score (nSPS) is 10.2. The summed E-state index contributed by atoms with van der Waals surface area (Å²) < 4.78 is 0. The van der Waals surface area contributed by atoms with Crippen LogP contribution in [-0.4, -0.2) is 11.9 Å². The van der Waals surface area contributed by atoms with E-state index >= 15 is 0 Å². The van der Waals surface area contributed by atoms with Crippen molar-refractivity contribution in [1.29, 1.82) is 5.26 Å². The highest BCUT2D eigenvalue weighted by molar-refractivity contribution is 7.10. The quantitative estimate of drug-likeness (QED) is 0.889. The zero-order chi connectivity index (χ0) is 15.2. The standard InChI is InChI=1S/C16H17N3OS/c1-11(2)19-16(20)13-3-5-14(6-4-13)18-9-15-7-12(8-17)10-21-15/h3-7,10-11,18H,9H2,1-2H3,(H,19,20). The van der Waals surface area contributed by atoms with Crippen LogP contribution in [0.3, 0.4) is 0 Å². The Kier molecular flexibility index (Phi) is 4.96. The molecule has 2 N–H and O–H groups in total. The molecule has 1 aromatic heterocycles. The third-order valence-electron chi connectivity index (χ3n) is 2.82. The van der Waals surface area contributed by atoms with E-state index in [0.717, 1.165) is 10.6 Å². The Morgan fingerprint density at radius 2 is 2.05 bits per heavy atom. The number of amides is 1. The van der Waals surface area contributed by atoms with Crippen LogP contribution < -0.4 is 10.6 Å². The van der Waals surface area contributed by atoms with Crippen LogP contribution in [0, 0.1) is 11.3 Å². The summed E-state index contributed by atoms with van der Waals surface area (Å²) in [5, 5.41) is 16.8. The molecular weight excluding hydrogens is 282 g/mol. The van der Waals surface area contributed by atoms with Crippen LogP contribution in [0.4, 0.5) is 5.69 Å². The Bertz CT molecular complexity index is 653. The summed E-state index contributed by atoms with van der Waals surface area (Å²) in [5.74, 6) is -0.0616. The van der Waals surface area contributed by atoms with Crippen molar-refractivity contribution in [1.82, 2.24) is 5.32 Å². The summed E-state index contributed by atoms with van der Waals surface area (Å²) in [4.78, 5) is 12.9. The maximum Gasteiger partial charge on any atom is 0.251 e. The van der Waals surface area contributed by atoms with Crippen molar-refractivity contribution < 1.29 is 4.79 Å². The minimum Gasteiger partial charge on any atom is -0.380 e. The van der Waals surface area contributed by atoms with Crippen molar-refractivity contribution in [3.05, 3.63) is 51.7 Å². The zero-order valence-electron chi connectivity index (χ0n) is 12.0. The first-order chi connectivity index (χ1) is 10.1. The number of benzene rings is 1. The van der Waals surface area contributed by atoms with E-state index < -0.39 is 0 Å². The smallest absolute Gasteiger partial charge is 0.251 e. The first kappa shape index (κ1) is 15.1. The Labute approximate surface area is 128 Å². The third kappa shape index (κ3) is 4.33. The largest absolute Gasteiger partial charge is 0.380 e. The summed E-state index contributed by atoms with van der Waals surface area (Å²) in [6, 6.07) is 11.5. The minimum absolute atomic E-state index is 0.0616. The fourth-order valence-electron chi connectivity index (χ4n) is 1.81. The lowest BCUT2D eigenvalue weighted by Crippen LogP contribution is -2.29. The van der Waals surface area contributed by atoms with Crippen LogP contribution in [0.5, 0.6) is 0 Å². The Hall–Kier alpha value is -2.32. The third-order valence-corrected chi connectivity index (χ3v) is 3.75. The van der Waals surface area contributed by atoms with Crippen molar-refractivity contribution in [3.63, 3.8) is 0 Å². The maximum absolute atomic E-state index is 11.8. The van der Waals surface area contributed by atoms with Gasteiger partial charge in [-0.05, 0) is 44.2 Å². The number of hydrogen-bond acceptors (Lipinski definition) is 4. The Morgan fingerprint density at radius 1 is 1.33 bits per heavy atom. The monoisotopic (exact) mass is 299 g/mol. The van der Waals surface area contributed by atoms with E-state index in [9.17, 15) is 4.79 Å². The van der Waals surface area contributed by atoms with Gasteiger partial charge in [0.05, 0.1) is 5.56 Å². The van der Waals surface area contributed by atoms with Gasteiger partial charge in [0.1, 0.15) is 6.07 Å². The lowest BCUT2D eigenvalue weighted by atomic mass is 10.2. The van der Waals surface area contributed by atoms with Gasteiger partial charge in [0.2, 0.25) is 0 Å². The fourth-order valence-corrected chi connectivity index (χ4v) is 2.56. The van der Waals surface area contributed by atoms with Crippen molar-refractivity contribution in [2.75, 3.05) is 5.32 Å². The Balaban J connectivity index is 1.93. The van der Waals surface area contributed by atoms with E-state index in [-0.39, 0.29) is 11.9 Å². The highest BCUT2D eigenvalue weighted by Crippen LogP contribution is 2.16. The highest BCUT2D eigenvalue weighted by Gasteiger charge is 2.06. The van der Waals surface area contributed by atoms with E-state index in [4.69, 9.17) is 5.26 Å². The molecule has 0 radical (unpaired) electrons. The molecule has 1 amide bonds. The molecular formula is C16H17N3OS. The van der Waals surface area contributed by atoms with Gasteiger partial charge in [-0.1, -0.05) is 0 Å². The van der Waals surface area contributed by atoms with E-state index in [0.29, 0.717) is 17.7 Å². The first-order valence-corrected chi connectivity index (χ1v) is 7.59. The van der Waals surface area contributed by atoms with Crippen LogP contribution in [0.1, 0.15) is 34.6 Å². The molecule has 0 saturated carbocycles. The molecule has 0 spiro atoms. The van der Waals surface area contributed by atoms with Crippen molar-refractivity contribution in [3.8, 4) is 6.07 Å². The molecule has 0 aliphatic heterocycles. The van der Waals surface area contributed by atoms with Gasteiger partial charge >= 0.3 is 0 Å². The van der Waals surface area contributed by atoms with Crippen LogP contribution in [0.25, 0.3) is 0 Å². The van der Waals surface area contributed by atoms with Crippen LogP contribution in [0.15, 0.2) is 35.7 Å². The van der Waals surface area contributed by atoms with Gasteiger partial charge in [0, 0.05) is 34.1 Å². The number of carbonyl (C=O) groups excluding carboxylic acids is 1. The van der Waals surface area contributed by atoms with Crippen molar-refractivity contribution in [2.24, 2.45) is 0 Å². The number of rotatable bonds is 5. The first-order valence-electron chi connectivity index (χ1n) is 6.71. The topological polar surface area (TPSA) is 64.9 Å². The second kappa shape index (κ2) is 6.91. The number of thiophene rings is 1. The summed E-state index contributed by atoms with van der Waals surface area (Å²) >= 11 is 1.56. The molecule has 2 aromatic rings. The van der Waals surface area contributed by atoms with Gasteiger partial charge in [-0.2, -0.15) is 5.26 Å². The second-order valence-electron chi connectivity index (χ2n) is 4.97. The molecule has 4 nitrogen and oxygen atoms in total. The molecule has 0 aliphatic carbocycles. The van der Waals surface area contributed by atoms with Crippen LogP contribution in [0.2, 0.25) is 0 Å². The molecule has 5 heteroatoms. The van der Waals surface area contributed by atoms with Gasteiger partial charge < -0.3 is 10.6 Å². The SMILES string of the molecule is CC(C)NC(=O)c1ccc(NCc2cc(C#N)cs2)cc1. The fraction of sp³-hybridized carbons (Fsp3) is 0.250. The predicted octanol–water partition coefficient (Wildman–Crippen LogP) is 3.37. The highest BCUT2D eigenvalue weighted by atomic mass is 32.1. The summed E-state index contributed by atoms with van der Waals surface area (Å²) in [5.41, 5.74) is 2.29. The van der Waals surface area contributed by atoms with Gasteiger partial charge in [0.15, 0.2) is 0 Å². The average molecular weight is 299 g/mol. The number of nitrogens with zero attached hydrogens (tertiary/aromatic N) is 1. The lowest BCUT2D eigenvalue weighted by molar-refractivity contribution is 0.0943. The molecule has 0 aliphatic rings. The zero-order valence-corrected chi connectivity index (χ0v) is 12.8. The van der Waals surface area contributed by atoms with Gasteiger partial charge in [-0.15, -0.1) is 11.3 Å². The van der Waals surface area contributed by atoms with E-state index in [1.54, 1.807) is 23.5 Å². The molecule has 0 atom stereocenters. The summed E-state index contributed by atoms with van der Waals surface area (Å²) in [7, 11) is 0. The van der Waals surface area contributed by atoms with Gasteiger partial charge in [-0.25, -0.2) is 0 Å². The molecule has 21 heavy (non-hydrogen) atoms. The molecule has 1 aromatic carbocycles. The predicted molar refractivity (Wildman–Crippen MR) is 85.4 cm³/mol. The molecule has 108 valence electrons. The molecule has 0 bridgehead atoms. The number of nitrogens with one attached hydrogen (secondary N) is 2. The number of nitriles is 1. The molecule has 1 heterocycles. The van der Waals surface area contributed by atoms with Crippen molar-refractivity contribution in [2.45, 2.75) is 26.4 Å². The lowest BCUT2D eigenvalue weighted by Gasteiger charge is -2.09. The van der Waals surface area contributed by atoms with E-state index in [1.165, 1.54) is 0 Å². The van der Waals surface area contributed by atoms with Gasteiger partial charge in [0.25, 0.3) is 5.91 Å². The maximum atomic E-state index is 11.8. The van der Waals surface area contributed by atoms with Crippen LogP contribution in [-0.2, 0) is 6.54 Å². The van der Waals surface area contributed by atoms with Crippen molar-refractivity contribution >= 4 is 22.9 Å². The molecule has 0 unspecified atom stereocenters. The molecule has 0 saturated heterocycles. The van der Waals surface area contributed by atoms with Gasteiger partial charge in [-0.3, -0.25) is 4.79 Å². The summed E-state index contributed by atoms with van der Waals surface area (Å²) in [6.07, 6.45) is 0. The number of anilines is 1. The van der Waals surface area contributed by atoms with Crippen LogP contribution >= 0.6 is 11.3 Å². The Morgan fingerprint density at radius 3 is 2.62 bits per heavy atom. The minimum atomic E-state index is -0.0616. The number of carbonyl (C=O) groups is 1. The second-order valence-corrected chi connectivity index (χ2v) is 5.97.